The number of nitrogens with zero attached hydrogens (tertiary/aromatic N) is 2. The summed E-state index contributed by atoms with van der Waals surface area (Å²) in [5.41, 5.74) is 6.80. The number of aromatic nitrogens is 1. The van der Waals surface area contributed by atoms with Crippen LogP contribution in [0.1, 0.15) is 17.5 Å². The molecule has 0 spiro atoms. The first-order chi connectivity index (χ1) is 17.9. The van der Waals surface area contributed by atoms with Crippen molar-refractivity contribution in [3.05, 3.63) is 76.3 Å². The van der Waals surface area contributed by atoms with Crippen molar-refractivity contribution in [3.63, 3.8) is 0 Å². The third-order valence-corrected chi connectivity index (χ3v) is 7.65. The quantitative estimate of drug-likeness (QED) is 0.291. The van der Waals surface area contributed by atoms with Gasteiger partial charge in [-0.25, -0.2) is 0 Å². The minimum Gasteiger partial charge on any atom is -0.497 e. The van der Waals surface area contributed by atoms with E-state index in [1.165, 1.54) is 16.5 Å². The number of nitrogens with one attached hydrogen (secondary N) is 1. The largest absolute Gasteiger partial charge is 0.497 e. The molecule has 0 atom stereocenters. The van der Waals surface area contributed by atoms with Gasteiger partial charge in [0, 0.05) is 77.6 Å². The lowest BCUT2D eigenvalue weighted by Gasteiger charge is -2.36. The average molecular weight is 563 g/mol. The fourth-order valence-electron chi connectivity index (χ4n) is 5.06. The normalized spacial score (nSPS) is 13.7. The number of piperazine rings is 1. The second-order valence-electron chi connectivity index (χ2n) is 9.47. The number of hydrogen-bond acceptors (Lipinski definition) is 4. The Balaban J connectivity index is 1.29. The zero-order valence-corrected chi connectivity index (χ0v) is 23.1. The van der Waals surface area contributed by atoms with Gasteiger partial charge in [0.1, 0.15) is 11.5 Å². The van der Waals surface area contributed by atoms with Crippen molar-refractivity contribution >= 4 is 38.4 Å². The molecule has 0 bridgehead atoms. The Bertz CT molecular complexity index is 1380. The van der Waals surface area contributed by atoms with E-state index in [1.54, 1.807) is 14.2 Å². The number of aromatic amines is 1. The van der Waals surface area contributed by atoms with Crippen molar-refractivity contribution in [1.29, 1.82) is 0 Å². The molecule has 4 aromatic rings. The van der Waals surface area contributed by atoms with Crippen LogP contribution in [0.15, 0.2) is 65.1 Å². The summed E-state index contributed by atoms with van der Waals surface area (Å²) in [4.78, 5) is 21.2. The zero-order valence-electron chi connectivity index (χ0n) is 21.5. The van der Waals surface area contributed by atoms with Gasteiger partial charge in [-0.15, -0.1) is 0 Å². The second kappa shape index (κ2) is 10.9. The van der Waals surface area contributed by atoms with Crippen LogP contribution in [0.3, 0.4) is 0 Å². The molecule has 1 N–H and O–H groups in total. The Morgan fingerprint density at radius 3 is 2.24 bits per heavy atom. The van der Waals surface area contributed by atoms with Crippen molar-refractivity contribution in [2.24, 2.45) is 0 Å². The molecule has 1 saturated heterocycles. The van der Waals surface area contributed by atoms with Gasteiger partial charge in [-0.3, -0.25) is 4.79 Å². The van der Waals surface area contributed by atoms with Crippen molar-refractivity contribution in [2.45, 2.75) is 19.8 Å². The van der Waals surface area contributed by atoms with Crippen molar-refractivity contribution < 1.29 is 14.3 Å². The number of rotatable bonds is 7. The van der Waals surface area contributed by atoms with Crippen LogP contribution < -0.4 is 14.4 Å². The lowest BCUT2D eigenvalue weighted by atomic mass is 10.00. The molecule has 5 rings (SSSR count). The van der Waals surface area contributed by atoms with Crippen LogP contribution in [0.2, 0.25) is 0 Å². The lowest BCUT2D eigenvalue weighted by Crippen LogP contribution is -2.48. The maximum atomic E-state index is 13.3. The summed E-state index contributed by atoms with van der Waals surface area (Å²) in [6.07, 6.45) is 1.18. The number of halogens is 1. The van der Waals surface area contributed by atoms with E-state index in [2.05, 4.69) is 75.2 Å². The molecule has 1 aliphatic rings. The Kier molecular flexibility index (Phi) is 7.42. The number of carbonyl (C=O) groups is 1. The minimum atomic E-state index is 0.201. The first-order valence-electron chi connectivity index (χ1n) is 12.6. The first kappa shape index (κ1) is 25.2. The number of carbonyl (C=O) groups excluding carboxylic acids is 1. The molecule has 37 heavy (non-hydrogen) atoms. The van der Waals surface area contributed by atoms with Gasteiger partial charge in [0.2, 0.25) is 5.91 Å². The molecule has 1 amide bonds. The van der Waals surface area contributed by atoms with Gasteiger partial charge in [-0.05, 0) is 48.7 Å². The highest BCUT2D eigenvalue weighted by atomic mass is 79.9. The van der Waals surface area contributed by atoms with E-state index < -0.39 is 0 Å². The number of amides is 1. The van der Waals surface area contributed by atoms with Crippen LogP contribution in [0.5, 0.6) is 11.5 Å². The van der Waals surface area contributed by atoms with Crippen molar-refractivity contribution in [1.82, 2.24) is 9.88 Å². The highest BCUT2D eigenvalue weighted by Gasteiger charge is 2.23. The molecule has 1 aliphatic heterocycles. The fourth-order valence-corrected chi connectivity index (χ4v) is 5.33. The van der Waals surface area contributed by atoms with E-state index in [9.17, 15) is 4.79 Å². The Hall–Kier alpha value is -3.45. The molecular weight excluding hydrogens is 530 g/mol. The number of aryl methyl sites for hydroxylation is 2. The van der Waals surface area contributed by atoms with E-state index in [-0.39, 0.29) is 5.91 Å². The van der Waals surface area contributed by atoms with E-state index in [1.807, 2.05) is 23.1 Å². The molecule has 0 unspecified atom stereocenters. The molecule has 3 aromatic carbocycles. The standard InChI is InChI=1S/C30H32BrN3O3/c1-20-4-10-28-27(16-20)26(30(32-28)21-5-7-22(31)8-6-21)9-11-29(35)34-14-12-33(13-15-34)23-17-24(36-2)19-25(18-23)37-3/h4-8,10,16-19,32H,9,11-15H2,1-3H3. The summed E-state index contributed by atoms with van der Waals surface area (Å²) in [7, 11) is 3.32. The molecule has 6 nitrogen and oxygen atoms in total. The molecular formula is C30H32BrN3O3. The molecule has 0 aliphatic carbocycles. The van der Waals surface area contributed by atoms with Crippen LogP contribution in [-0.4, -0.2) is 56.2 Å². The third kappa shape index (κ3) is 5.47. The molecule has 2 heterocycles. The SMILES string of the molecule is COc1cc(OC)cc(N2CCN(C(=O)CCc3c(-c4ccc(Br)cc4)[nH]c4ccc(C)cc34)CC2)c1. The number of fused-ring (bicyclic) bond motifs is 1. The highest BCUT2D eigenvalue weighted by molar-refractivity contribution is 9.10. The fraction of sp³-hybridized carbons (Fsp3) is 0.300. The summed E-state index contributed by atoms with van der Waals surface area (Å²) in [6.45, 7) is 5.06. The topological polar surface area (TPSA) is 57.8 Å². The minimum absolute atomic E-state index is 0.201. The van der Waals surface area contributed by atoms with Crippen molar-refractivity contribution in [2.75, 3.05) is 45.3 Å². The van der Waals surface area contributed by atoms with E-state index in [0.717, 1.165) is 51.5 Å². The van der Waals surface area contributed by atoms with E-state index in [0.29, 0.717) is 25.9 Å². The smallest absolute Gasteiger partial charge is 0.223 e. The lowest BCUT2D eigenvalue weighted by molar-refractivity contribution is -0.131. The van der Waals surface area contributed by atoms with Gasteiger partial charge in [-0.1, -0.05) is 39.7 Å². The number of H-pyrrole nitrogens is 1. The summed E-state index contributed by atoms with van der Waals surface area (Å²) < 4.78 is 11.9. The molecule has 0 radical (unpaired) electrons. The second-order valence-corrected chi connectivity index (χ2v) is 10.4. The van der Waals surface area contributed by atoms with E-state index in [4.69, 9.17) is 9.47 Å². The van der Waals surface area contributed by atoms with Crippen molar-refractivity contribution in [3.8, 4) is 22.8 Å². The van der Waals surface area contributed by atoms with Crippen LogP contribution >= 0.6 is 15.9 Å². The molecule has 0 saturated carbocycles. The highest BCUT2D eigenvalue weighted by Crippen LogP contribution is 2.33. The third-order valence-electron chi connectivity index (χ3n) is 7.12. The first-order valence-corrected chi connectivity index (χ1v) is 13.4. The monoisotopic (exact) mass is 561 g/mol. The van der Waals surface area contributed by atoms with Gasteiger partial charge in [0.25, 0.3) is 0 Å². The molecule has 1 aromatic heterocycles. The predicted molar refractivity (Wildman–Crippen MR) is 153 cm³/mol. The van der Waals surface area contributed by atoms with Gasteiger partial charge in [0.05, 0.1) is 14.2 Å². The van der Waals surface area contributed by atoms with Crippen LogP contribution in [-0.2, 0) is 11.2 Å². The number of ether oxygens (including phenoxy) is 2. The zero-order chi connectivity index (χ0) is 25.9. The summed E-state index contributed by atoms with van der Waals surface area (Å²) in [6, 6.07) is 20.7. The number of methoxy groups -OCH3 is 2. The summed E-state index contributed by atoms with van der Waals surface area (Å²) >= 11 is 3.53. The Labute approximate surface area is 226 Å². The summed E-state index contributed by atoms with van der Waals surface area (Å²) in [5.74, 6) is 1.73. The molecule has 7 heteroatoms. The summed E-state index contributed by atoms with van der Waals surface area (Å²) in [5, 5.41) is 1.20. The molecule has 1 fully saturated rings. The number of benzene rings is 3. The van der Waals surface area contributed by atoms with E-state index >= 15 is 0 Å². The average Bonchev–Trinajstić information content (AvgIpc) is 3.29. The van der Waals surface area contributed by atoms with Gasteiger partial charge in [0.15, 0.2) is 0 Å². The van der Waals surface area contributed by atoms with Crippen LogP contribution in [0, 0.1) is 6.92 Å². The Morgan fingerprint density at radius 2 is 1.59 bits per heavy atom. The van der Waals surface area contributed by atoms with Crippen LogP contribution in [0.4, 0.5) is 5.69 Å². The van der Waals surface area contributed by atoms with Gasteiger partial charge in [-0.2, -0.15) is 0 Å². The predicted octanol–water partition coefficient (Wildman–Crippen LogP) is 6.20. The van der Waals surface area contributed by atoms with Gasteiger partial charge >= 0.3 is 0 Å². The number of anilines is 1. The van der Waals surface area contributed by atoms with Crippen LogP contribution in [0.25, 0.3) is 22.2 Å². The maximum absolute atomic E-state index is 13.3. The Morgan fingerprint density at radius 1 is 0.919 bits per heavy atom. The van der Waals surface area contributed by atoms with Gasteiger partial charge < -0.3 is 24.3 Å². The molecule has 192 valence electrons. The number of hydrogen-bond donors (Lipinski definition) is 1. The maximum Gasteiger partial charge on any atom is 0.223 e.